The molecular formula is C9H9BF3KO. The third-order valence-corrected chi connectivity index (χ3v) is 2.09. The largest absolute Gasteiger partial charge is 1.00 e. The Balaban J connectivity index is 0.00000112. The molecule has 6 heteroatoms. The van der Waals surface area contributed by atoms with Gasteiger partial charge in [-0.05, 0) is 18.9 Å². The molecule has 0 radical (unpaired) electrons. The van der Waals surface area contributed by atoms with Crippen LogP contribution in [0.1, 0.15) is 12.8 Å². The summed E-state index contributed by atoms with van der Waals surface area (Å²) in [5.41, 5.74) is -0.626. The predicted octanol–water partition coefficient (Wildman–Crippen LogP) is -0.714. The number of para-hydroxylation sites is 1. The standard InChI is InChI=1S/C9H9BF3O.K/c11-10(12,13)8-3-1-2-4-9(8)14-7-5-6-7;/h1-4,7H,5-6H2;/q-1;+1. The van der Waals surface area contributed by atoms with E-state index in [4.69, 9.17) is 4.74 Å². The van der Waals surface area contributed by atoms with Gasteiger partial charge in [0.05, 0.1) is 11.9 Å². The van der Waals surface area contributed by atoms with Crippen LogP contribution >= 0.6 is 0 Å². The molecule has 1 aromatic carbocycles. The number of rotatable bonds is 3. The Hall–Kier alpha value is 0.511. The molecule has 2 rings (SSSR count). The van der Waals surface area contributed by atoms with Gasteiger partial charge in [0, 0.05) is 0 Å². The zero-order chi connectivity index (χ0) is 10.2. The minimum Gasteiger partial charge on any atom is -0.493 e. The molecule has 0 heterocycles. The van der Waals surface area contributed by atoms with Gasteiger partial charge in [0.15, 0.2) is 0 Å². The summed E-state index contributed by atoms with van der Waals surface area (Å²) < 4.78 is 42.7. The van der Waals surface area contributed by atoms with Crippen LogP contribution in [0.3, 0.4) is 0 Å². The average molecular weight is 240 g/mol. The molecule has 0 bridgehead atoms. The van der Waals surface area contributed by atoms with Crippen molar-refractivity contribution >= 4 is 12.4 Å². The van der Waals surface area contributed by atoms with E-state index < -0.39 is 12.4 Å². The summed E-state index contributed by atoms with van der Waals surface area (Å²) in [7, 11) is 0. The van der Waals surface area contributed by atoms with Crippen molar-refractivity contribution < 1.29 is 69.1 Å². The van der Waals surface area contributed by atoms with E-state index in [0.29, 0.717) is 0 Å². The molecule has 0 amide bonds. The van der Waals surface area contributed by atoms with E-state index in [1.807, 2.05) is 0 Å². The van der Waals surface area contributed by atoms with Gasteiger partial charge in [-0.1, -0.05) is 23.7 Å². The molecule has 1 nitrogen and oxygen atoms in total. The first-order valence-electron chi connectivity index (χ1n) is 4.53. The SMILES string of the molecule is F[B-](F)(F)c1ccccc1OC1CC1.[K+]. The second-order valence-corrected chi connectivity index (χ2v) is 3.43. The van der Waals surface area contributed by atoms with Gasteiger partial charge < -0.3 is 17.7 Å². The second kappa shape index (κ2) is 5.23. The van der Waals surface area contributed by atoms with Crippen molar-refractivity contribution in [2.24, 2.45) is 0 Å². The summed E-state index contributed by atoms with van der Waals surface area (Å²) in [5, 5.41) is 0. The molecule has 0 aliphatic heterocycles. The average Bonchev–Trinajstić information content (AvgIpc) is 2.87. The first-order chi connectivity index (χ1) is 6.57. The minimum absolute atomic E-state index is 0. The molecule has 15 heavy (non-hydrogen) atoms. The number of hydrogen-bond acceptors (Lipinski definition) is 1. The van der Waals surface area contributed by atoms with Gasteiger partial charge in [0.25, 0.3) is 0 Å². The molecule has 0 saturated heterocycles. The Morgan fingerprint density at radius 2 is 1.73 bits per heavy atom. The maximum absolute atomic E-state index is 12.5. The topological polar surface area (TPSA) is 9.23 Å². The zero-order valence-corrected chi connectivity index (χ0v) is 11.5. The van der Waals surface area contributed by atoms with Crippen molar-refractivity contribution in [2.45, 2.75) is 18.9 Å². The van der Waals surface area contributed by atoms with Crippen LogP contribution in [0.25, 0.3) is 0 Å². The van der Waals surface area contributed by atoms with Crippen LogP contribution in [-0.2, 0) is 0 Å². The van der Waals surface area contributed by atoms with E-state index in [1.54, 1.807) is 6.07 Å². The van der Waals surface area contributed by atoms with Crippen LogP contribution in [-0.4, -0.2) is 13.1 Å². The molecule has 0 aromatic heterocycles. The Morgan fingerprint density at radius 3 is 2.27 bits per heavy atom. The summed E-state index contributed by atoms with van der Waals surface area (Å²) in [5.74, 6) is -0.0255. The van der Waals surface area contributed by atoms with Gasteiger partial charge in [0.1, 0.15) is 0 Å². The van der Waals surface area contributed by atoms with E-state index in [2.05, 4.69) is 0 Å². The zero-order valence-electron chi connectivity index (χ0n) is 8.42. The molecule has 1 aliphatic carbocycles. The minimum atomic E-state index is -4.96. The van der Waals surface area contributed by atoms with Crippen LogP contribution < -0.4 is 61.6 Å². The van der Waals surface area contributed by atoms with Crippen LogP contribution in [0.5, 0.6) is 5.75 Å². The molecule has 0 atom stereocenters. The van der Waals surface area contributed by atoms with E-state index in [-0.39, 0.29) is 63.2 Å². The van der Waals surface area contributed by atoms with Crippen LogP contribution in [0.2, 0.25) is 0 Å². The Morgan fingerprint density at radius 1 is 1.13 bits per heavy atom. The first-order valence-corrected chi connectivity index (χ1v) is 4.53. The van der Waals surface area contributed by atoms with Gasteiger partial charge in [0.2, 0.25) is 0 Å². The molecule has 1 aliphatic rings. The summed E-state index contributed by atoms with van der Waals surface area (Å²) in [6.45, 7) is -4.96. The third kappa shape index (κ3) is 3.78. The quantitative estimate of drug-likeness (QED) is 0.634. The van der Waals surface area contributed by atoms with Gasteiger partial charge in [-0.3, -0.25) is 0 Å². The fourth-order valence-electron chi connectivity index (χ4n) is 1.22. The van der Waals surface area contributed by atoms with E-state index >= 15 is 0 Å². The number of hydrogen-bond donors (Lipinski definition) is 0. The van der Waals surface area contributed by atoms with Crippen LogP contribution in [0.4, 0.5) is 12.9 Å². The van der Waals surface area contributed by atoms with Crippen molar-refractivity contribution in [3.05, 3.63) is 24.3 Å². The fraction of sp³-hybridized carbons (Fsp3) is 0.333. The number of halogens is 3. The smallest absolute Gasteiger partial charge is 0.493 e. The molecule has 1 aromatic rings. The maximum atomic E-state index is 12.5. The fourth-order valence-corrected chi connectivity index (χ4v) is 1.22. The van der Waals surface area contributed by atoms with E-state index in [9.17, 15) is 12.9 Å². The maximum Gasteiger partial charge on any atom is 1.00 e. The molecular weight excluding hydrogens is 231 g/mol. The molecule has 0 spiro atoms. The molecule has 76 valence electrons. The third-order valence-electron chi connectivity index (χ3n) is 2.09. The first kappa shape index (κ1) is 13.6. The number of ether oxygens (including phenoxy) is 1. The summed E-state index contributed by atoms with van der Waals surface area (Å²) >= 11 is 0. The summed E-state index contributed by atoms with van der Waals surface area (Å²) in [6, 6.07) is 5.38. The summed E-state index contributed by atoms with van der Waals surface area (Å²) in [4.78, 5) is 0. The van der Waals surface area contributed by atoms with Crippen molar-refractivity contribution in [3.63, 3.8) is 0 Å². The van der Waals surface area contributed by atoms with Crippen molar-refractivity contribution in [2.75, 3.05) is 0 Å². The van der Waals surface area contributed by atoms with Crippen LogP contribution in [0.15, 0.2) is 24.3 Å². The van der Waals surface area contributed by atoms with Crippen molar-refractivity contribution in [1.82, 2.24) is 0 Å². The predicted molar refractivity (Wildman–Crippen MR) is 48.8 cm³/mol. The van der Waals surface area contributed by atoms with Crippen molar-refractivity contribution in [1.29, 1.82) is 0 Å². The monoisotopic (exact) mass is 240 g/mol. The molecule has 0 unspecified atom stereocenters. The molecule has 1 saturated carbocycles. The molecule has 0 N–H and O–H groups in total. The van der Waals surface area contributed by atoms with Crippen LogP contribution in [0, 0.1) is 0 Å². The Labute approximate surface area is 129 Å². The van der Waals surface area contributed by atoms with Gasteiger partial charge >= 0.3 is 58.4 Å². The normalized spacial score (nSPS) is 15.7. The van der Waals surface area contributed by atoms with E-state index in [1.165, 1.54) is 12.1 Å². The van der Waals surface area contributed by atoms with Gasteiger partial charge in [-0.15, -0.1) is 0 Å². The Bertz CT molecular complexity index is 338. The van der Waals surface area contributed by atoms with E-state index in [0.717, 1.165) is 18.9 Å². The Kier molecular flexibility index (Phi) is 4.73. The number of benzene rings is 1. The van der Waals surface area contributed by atoms with Gasteiger partial charge in [-0.25, -0.2) is 0 Å². The van der Waals surface area contributed by atoms with Gasteiger partial charge in [-0.2, -0.15) is 0 Å². The summed E-state index contributed by atoms with van der Waals surface area (Å²) in [6.07, 6.45) is 1.72. The molecule has 1 fully saturated rings. The van der Waals surface area contributed by atoms with Crippen molar-refractivity contribution in [3.8, 4) is 5.75 Å². The second-order valence-electron chi connectivity index (χ2n) is 3.43.